The van der Waals surface area contributed by atoms with Gasteiger partial charge in [0.25, 0.3) is 0 Å². The van der Waals surface area contributed by atoms with Gasteiger partial charge in [0.15, 0.2) is 0 Å². The van der Waals surface area contributed by atoms with Crippen molar-refractivity contribution in [2.24, 2.45) is 5.11 Å². The first-order valence-electron chi connectivity index (χ1n) is 9.04. The van der Waals surface area contributed by atoms with E-state index < -0.39 is 11.7 Å². The highest BCUT2D eigenvalue weighted by Crippen LogP contribution is 2.45. The minimum absolute atomic E-state index is 0.0137. The van der Waals surface area contributed by atoms with Crippen LogP contribution < -0.4 is 0 Å². The summed E-state index contributed by atoms with van der Waals surface area (Å²) in [5.74, 6) is -1.44. The molecule has 0 saturated heterocycles. The van der Waals surface area contributed by atoms with Gasteiger partial charge < -0.3 is 0 Å². The Bertz CT molecular complexity index is 1380. The van der Waals surface area contributed by atoms with E-state index in [1.165, 1.54) is 23.5 Å². The highest BCUT2D eigenvalue weighted by molar-refractivity contribution is 7.21. The fourth-order valence-electron chi connectivity index (χ4n) is 3.39. The van der Waals surface area contributed by atoms with Crippen molar-refractivity contribution in [1.82, 2.24) is 9.97 Å². The van der Waals surface area contributed by atoms with Gasteiger partial charge >= 0.3 is 0 Å². The topological polar surface area (TPSA) is 91.6 Å². The van der Waals surface area contributed by atoms with E-state index in [-0.39, 0.29) is 16.5 Å². The number of carbonyl (C=O) groups is 1. The molecule has 0 atom stereocenters. The van der Waals surface area contributed by atoms with Gasteiger partial charge in [-0.25, -0.2) is 14.4 Å². The molecule has 0 spiro atoms. The van der Waals surface area contributed by atoms with E-state index in [9.17, 15) is 9.18 Å². The summed E-state index contributed by atoms with van der Waals surface area (Å²) in [6.07, 6.45) is 4.22. The predicted octanol–water partition coefficient (Wildman–Crippen LogP) is 5.80. The van der Waals surface area contributed by atoms with Crippen molar-refractivity contribution < 1.29 is 9.18 Å². The molecule has 0 radical (unpaired) electrons. The van der Waals surface area contributed by atoms with Crippen molar-refractivity contribution in [1.29, 1.82) is 0 Å². The Hall–Kier alpha value is -3.87. The highest BCUT2D eigenvalue weighted by atomic mass is 32.1. The molecule has 2 aromatic heterocycles. The Morgan fingerprint density at radius 1 is 1.07 bits per heavy atom. The van der Waals surface area contributed by atoms with Crippen LogP contribution in [-0.4, -0.2) is 15.9 Å². The molecule has 0 fully saturated rings. The first-order valence-corrected chi connectivity index (χ1v) is 9.86. The fraction of sp³-hybridized carbons (Fsp3) is 0.0455. The van der Waals surface area contributed by atoms with Crippen LogP contribution in [0.5, 0.6) is 0 Å². The van der Waals surface area contributed by atoms with Crippen LogP contribution in [0.2, 0.25) is 0 Å². The number of nitrogens with zero attached hydrogens (tertiary/aromatic N) is 5. The summed E-state index contributed by atoms with van der Waals surface area (Å²) in [6, 6.07) is 17.9. The molecule has 6 nitrogen and oxygen atoms in total. The molecule has 144 valence electrons. The van der Waals surface area contributed by atoms with E-state index in [1.807, 2.05) is 30.3 Å². The van der Waals surface area contributed by atoms with Crippen LogP contribution in [-0.2, 0) is 5.41 Å². The molecule has 2 aromatic carbocycles. The SMILES string of the molecule is [N-]=[N+]=NC(=O)c1ccc(-c2nc3ccc(C4(c5ccccc5)C=C4)nc3s2)c(F)c1. The Labute approximate surface area is 174 Å². The molecule has 0 unspecified atom stereocenters. The zero-order valence-electron chi connectivity index (χ0n) is 15.4. The molecule has 4 aromatic rings. The van der Waals surface area contributed by atoms with Gasteiger partial charge in [0.1, 0.15) is 21.2 Å². The standard InChI is InChI=1S/C22H12FN5OS/c23-16-12-13(19(29)27-28-24)6-7-15(16)20-25-17-8-9-18(26-21(17)30-20)22(10-11-22)14-4-2-1-3-5-14/h1-12H. The number of thiazole rings is 1. The molecule has 0 N–H and O–H groups in total. The molecule has 0 saturated carbocycles. The van der Waals surface area contributed by atoms with Crippen molar-refractivity contribution in [2.45, 2.75) is 5.41 Å². The van der Waals surface area contributed by atoms with E-state index in [1.54, 1.807) is 0 Å². The van der Waals surface area contributed by atoms with Crippen LogP contribution in [0, 0.1) is 5.82 Å². The maximum atomic E-state index is 14.6. The summed E-state index contributed by atoms with van der Waals surface area (Å²) >= 11 is 1.29. The van der Waals surface area contributed by atoms with Gasteiger partial charge in [-0.05, 0) is 40.5 Å². The number of benzene rings is 2. The molecular weight excluding hydrogens is 401 g/mol. The van der Waals surface area contributed by atoms with Crippen LogP contribution in [0.3, 0.4) is 0 Å². The van der Waals surface area contributed by atoms with Crippen molar-refractivity contribution in [3.63, 3.8) is 0 Å². The summed E-state index contributed by atoms with van der Waals surface area (Å²) in [4.78, 5) is 24.1. The number of rotatable bonds is 4. The summed E-state index contributed by atoms with van der Waals surface area (Å²) in [5.41, 5.74) is 11.0. The monoisotopic (exact) mass is 413 g/mol. The van der Waals surface area contributed by atoms with Gasteiger partial charge in [-0.1, -0.05) is 59.9 Å². The molecule has 2 heterocycles. The fourth-order valence-corrected chi connectivity index (χ4v) is 4.36. The summed E-state index contributed by atoms with van der Waals surface area (Å²) in [7, 11) is 0. The Morgan fingerprint density at radius 2 is 1.87 bits per heavy atom. The molecule has 30 heavy (non-hydrogen) atoms. The molecule has 5 rings (SSSR count). The third kappa shape index (κ3) is 2.95. The van der Waals surface area contributed by atoms with Crippen LogP contribution in [0.4, 0.5) is 4.39 Å². The lowest BCUT2D eigenvalue weighted by molar-refractivity contribution is 0.1000. The van der Waals surface area contributed by atoms with Crippen LogP contribution in [0.15, 0.2) is 77.9 Å². The van der Waals surface area contributed by atoms with Gasteiger partial charge in [-0.3, -0.25) is 4.79 Å². The number of halogens is 1. The van der Waals surface area contributed by atoms with E-state index in [2.05, 4.69) is 39.3 Å². The maximum absolute atomic E-state index is 14.6. The van der Waals surface area contributed by atoms with Gasteiger partial charge in [0, 0.05) is 16.0 Å². The minimum atomic E-state index is -0.832. The number of amides is 1. The predicted molar refractivity (Wildman–Crippen MR) is 113 cm³/mol. The normalized spacial score (nSPS) is 13.8. The molecule has 1 aliphatic rings. The minimum Gasteiger partial charge on any atom is -0.287 e. The third-order valence-corrected chi connectivity index (χ3v) is 6.01. The van der Waals surface area contributed by atoms with Gasteiger partial charge in [0.05, 0.1) is 11.1 Å². The number of hydrogen-bond donors (Lipinski definition) is 0. The Kier molecular flexibility index (Phi) is 4.17. The number of pyridine rings is 1. The lowest BCUT2D eigenvalue weighted by Crippen LogP contribution is -2.12. The summed E-state index contributed by atoms with van der Waals surface area (Å²) in [6.45, 7) is 0. The van der Waals surface area contributed by atoms with Crippen molar-refractivity contribution in [2.75, 3.05) is 0 Å². The maximum Gasteiger partial charge on any atom is 0.249 e. The number of aromatic nitrogens is 2. The van der Waals surface area contributed by atoms with Gasteiger partial charge in [-0.2, -0.15) is 0 Å². The molecule has 1 aliphatic carbocycles. The zero-order chi connectivity index (χ0) is 20.7. The summed E-state index contributed by atoms with van der Waals surface area (Å²) < 4.78 is 14.6. The molecule has 0 bridgehead atoms. The number of fused-ring (bicyclic) bond motifs is 1. The lowest BCUT2D eigenvalue weighted by Gasteiger charge is -2.15. The second kappa shape index (κ2) is 6.88. The number of azide groups is 1. The first kappa shape index (κ1) is 18.2. The quantitative estimate of drug-likeness (QED) is 0.183. The molecular formula is C22H12FN5OS. The average molecular weight is 413 g/mol. The van der Waals surface area contributed by atoms with Gasteiger partial charge in [-0.15, -0.1) is 0 Å². The second-order valence-electron chi connectivity index (χ2n) is 6.80. The highest BCUT2D eigenvalue weighted by Gasteiger charge is 2.39. The lowest BCUT2D eigenvalue weighted by atomic mass is 9.89. The van der Waals surface area contributed by atoms with E-state index in [0.29, 0.717) is 15.4 Å². The second-order valence-corrected chi connectivity index (χ2v) is 7.77. The third-order valence-electron chi connectivity index (χ3n) is 5.01. The van der Waals surface area contributed by atoms with Crippen molar-refractivity contribution in [3.05, 3.63) is 106 Å². The Morgan fingerprint density at radius 3 is 2.57 bits per heavy atom. The van der Waals surface area contributed by atoms with E-state index >= 15 is 0 Å². The van der Waals surface area contributed by atoms with Crippen molar-refractivity contribution >= 4 is 27.6 Å². The van der Waals surface area contributed by atoms with Crippen LogP contribution in [0.1, 0.15) is 21.6 Å². The molecule has 0 aliphatic heterocycles. The van der Waals surface area contributed by atoms with Crippen LogP contribution in [0.25, 0.3) is 31.4 Å². The van der Waals surface area contributed by atoms with E-state index in [4.69, 9.17) is 10.5 Å². The smallest absolute Gasteiger partial charge is 0.249 e. The van der Waals surface area contributed by atoms with Gasteiger partial charge in [0.2, 0.25) is 5.91 Å². The zero-order valence-corrected chi connectivity index (χ0v) is 16.2. The number of allylic oxidation sites excluding steroid dienone is 2. The Balaban J connectivity index is 1.52. The summed E-state index contributed by atoms with van der Waals surface area (Å²) in [5, 5.41) is 3.45. The number of hydrogen-bond acceptors (Lipinski definition) is 4. The van der Waals surface area contributed by atoms with Crippen molar-refractivity contribution in [3.8, 4) is 10.6 Å². The van der Waals surface area contributed by atoms with Crippen LogP contribution >= 0.6 is 11.3 Å². The largest absolute Gasteiger partial charge is 0.287 e. The molecule has 1 amide bonds. The first-order chi connectivity index (χ1) is 14.6. The molecule has 8 heteroatoms. The average Bonchev–Trinajstić information content (AvgIpc) is 3.47. The van der Waals surface area contributed by atoms with E-state index in [0.717, 1.165) is 17.3 Å². The number of carbonyl (C=O) groups excluding carboxylic acids is 1.